The number of nitrogens with zero attached hydrogens (tertiary/aromatic N) is 1. The van der Waals surface area contributed by atoms with E-state index >= 15 is 0 Å². The topological polar surface area (TPSA) is 3.88 Å². The minimum Gasteiger partial charge on any atom is -0.102 e. The van der Waals surface area contributed by atoms with Crippen molar-refractivity contribution in [1.82, 2.24) is 0 Å². The highest BCUT2D eigenvalue weighted by molar-refractivity contribution is 7.05. The quantitative estimate of drug-likeness (QED) is 0.599. The van der Waals surface area contributed by atoms with Crippen LogP contribution in [0.15, 0.2) is 72.9 Å². The molecule has 0 amide bonds. The van der Waals surface area contributed by atoms with Crippen LogP contribution in [0.2, 0.25) is 0 Å². The van der Waals surface area contributed by atoms with Crippen LogP contribution in [0.3, 0.4) is 0 Å². The first-order chi connectivity index (χ1) is 8.43. The molecule has 0 fully saturated rings. The van der Waals surface area contributed by atoms with Gasteiger partial charge in [-0.2, -0.15) is 0 Å². The second-order valence-electron chi connectivity index (χ2n) is 3.80. The van der Waals surface area contributed by atoms with Gasteiger partial charge in [-0.25, -0.2) is 0 Å². The van der Waals surface area contributed by atoms with Gasteiger partial charge in [0.25, 0.3) is 0 Å². The number of aromatic nitrogens is 1. The second-order valence-corrected chi connectivity index (χ2v) is 4.81. The average Bonchev–Trinajstić information content (AvgIpc) is 2.90. The first kappa shape index (κ1) is 10.2. The molecule has 0 aliphatic rings. The number of hydrogen-bond donors (Lipinski definition) is 0. The van der Waals surface area contributed by atoms with Crippen LogP contribution in [-0.2, 0) is 0 Å². The summed E-state index contributed by atoms with van der Waals surface area (Å²) in [5.41, 5.74) is 2.48. The zero-order valence-electron chi connectivity index (χ0n) is 9.28. The van der Waals surface area contributed by atoms with E-state index < -0.39 is 0 Å². The molecular formula is C15H12NS+. The van der Waals surface area contributed by atoms with Gasteiger partial charge in [-0.15, -0.1) is 3.96 Å². The molecule has 0 radical (unpaired) electrons. The van der Waals surface area contributed by atoms with Gasteiger partial charge in [-0.3, -0.25) is 0 Å². The fourth-order valence-electron chi connectivity index (χ4n) is 1.77. The largest absolute Gasteiger partial charge is 0.224 e. The summed E-state index contributed by atoms with van der Waals surface area (Å²) < 4.78 is 2.18. The van der Waals surface area contributed by atoms with Gasteiger partial charge < -0.3 is 0 Å². The lowest BCUT2D eigenvalue weighted by Gasteiger charge is -1.91. The Kier molecular flexibility index (Phi) is 2.72. The molecule has 2 heteroatoms. The van der Waals surface area contributed by atoms with Gasteiger partial charge in [0, 0.05) is 18.2 Å². The normalized spacial score (nSPS) is 10.4. The van der Waals surface area contributed by atoms with Crippen molar-refractivity contribution in [2.24, 2.45) is 0 Å². The minimum atomic E-state index is 1.21. The standard InChI is InChI=1S/C15H12NS/c1-3-7-13(8-4-1)15-11-12-16(17-15)14-9-5-2-6-10-14/h1-12H/q+1. The van der Waals surface area contributed by atoms with E-state index in [0.29, 0.717) is 0 Å². The van der Waals surface area contributed by atoms with Crippen molar-refractivity contribution in [2.75, 3.05) is 0 Å². The molecule has 3 rings (SSSR count). The van der Waals surface area contributed by atoms with Crippen molar-refractivity contribution < 1.29 is 3.96 Å². The fourth-order valence-corrected chi connectivity index (χ4v) is 2.69. The summed E-state index contributed by atoms with van der Waals surface area (Å²) in [5.74, 6) is 0. The molecular weight excluding hydrogens is 226 g/mol. The molecule has 3 aromatic rings. The van der Waals surface area contributed by atoms with E-state index in [0.717, 1.165) is 0 Å². The maximum Gasteiger partial charge on any atom is 0.224 e. The van der Waals surface area contributed by atoms with Gasteiger partial charge in [0.2, 0.25) is 5.69 Å². The summed E-state index contributed by atoms with van der Waals surface area (Å²) in [7, 11) is 0. The molecule has 1 nitrogen and oxygen atoms in total. The lowest BCUT2D eigenvalue weighted by Crippen LogP contribution is -2.22. The molecule has 0 spiro atoms. The molecule has 0 saturated carbocycles. The summed E-state index contributed by atoms with van der Waals surface area (Å²) in [5, 5.41) is 0. The fraction of sp³-hybridized carbons (Fsp3) is 0. The highest BCUT2D eigenvalue weighted by Crippen LogP contribution is 2.22. The molecule has 0 N–H and O–H groups in total. The molecule has 1 heterocycles. The average molecular weight is 238 g/mol. The van der Waals surface area contributed by atoms with Crippen LogP contribution in [0.1, 0.15) is 0 Å². The third-order valence-corrected chi connectivity index (χ3v) is 3.72. The molecule has 0 aliphatic carbocycles. The van der Waals surface area contributed by atoms with Gasteiger partial charge in [0.15, 0.2) is 6.20 Å². The maximum atomic E-state index is 2.18. The Labute approximate surface area is 105 Å². The van der Waals surface area contributed by atoms with Gasteiger partial charge in [-0.05, 0) is 5.56 Å². The third kappa shape index (κ3) is 2.12. The summed E-state index contributed by atoms with van der Waals surface area (Å²) >= 11 is 1.76. The van der Waals surface area contributed by atoms with E-state index in [2.05, 4.69) is 64.8 Å². The molecule has 0 unspecified atom stereocenters. The Balaban J connectivity index is 1.99. The predicted molar refractivity (Wildman–Crippen MR) is 71.3 cm³/mol. The lowest BCUT2D eigenvalue weighted by atomic mass is 10.2. The Morgan fingerprint density at radius 2 is 1.35 bits per heavy atom. The molecule has 0 atom stereocenters. The van der Waals surface area contributed by atoms with Crippen molar-refractivity contribution in [3.63, 3.8) is 0 Å². The van der Waals surface area contributed by atoms with Crippen LogP contribution >= 0.6 is 11.5 Å². The molecule has 17 heavy (non-hydrogen) atoms. The Bertz CT molecular complexity index is 545. The van der Waals surface area contributed by atoms with Crippen molar-refractivity contribution in [3.05, 3.63) is 72.9 Å². The molecule has 2 aromatic carbocycles. The van der Waals surface area contributed by atoms with Crippen molar-refractivity contribution in [2.45, 2.75) is 0 Å². The number of benzene rings is 2. The predicted octanol–water partition coefficient (Wildman–Crippen LogP) is 3.69. The zero-order valence-corrected chi connectivity index (χ0v) is 10.1. The summed E-state index contributed by atoms with van der Waals surface area (Å²) in [6, 6.07) is 23.0. The lowest BCUT2D eigenvalue weighted by molar-refractivity contribution is -0.519. The van der Waals surface area contributed by atoms with E-state index in [-0.39, 0.29) is 0 Å². The SMILES string of the molecule is c1ccc(-c2cc[n+](-c3ccccc3)s2)cc1. The van der Waals surface area contributed by atoms with E-state index in [1.165, 1.54) is 16.1 Å². The van der Waals surface area contributed by atoms with E-state index in [1.807, 2.05) is 12.1 Å². The van der Waals surface area contributed by atoms with Crippen molar-refractivity contribution >= 4 is 11.5 Å². The van der Waals surface area contributed by atoms with Crippen molar-refractivity contribution in [1.29, 1.82) is 0 Å². The maximum absolute atomic E-state index is 2.18. The van der Waals surface area contributed by atoms with Crippen LogP contribution in [0.25, 0.3) is 16.1 Å². The van der Waals surface area contributed by atoms with Gasteiger partial charge in [0.1, 0.15) is 16.4 Å². The number of para-hydroxylation sites is 1. The Morgan fingerprint density at radius 1 is 0.706 bits per heavy atom. The van der Waals surface area contributed by atoms with Gasteiger partial charge >= 0.3 is 0 Å². The molecule has 1 aromatic heterocycles. The van der Waals surface area contributed by atoms with E-state index in [9.17, 15) is 0 Å². The van der Waals surface area contributed by atoms with Gasteiger partial charge in [0.05, 0.1) is 0 Å². The van der Waals surface area contributed by atoms with Crippen LogP contribution in [-0.4, -0.2) is 0 Å². The molecule has 82 valence electrons. The number of rotatable bonds is 2. The molecule has 0 saturated heterocycles. The molecule has 0 bridgehead atoms. The first-order valence-electron chi connectivity index (χ1n) is 5.56. The summed E-state index contributed by atoms with van der Waals surface area (Å²) in [6.07, 6.45) is 2.11. The van der Waals surface area contributed by atoms with Crippen LogP contribution in [0.4, 0.5) is 0 Å². The highest BCUT2D eigenvalue weighted by atomic mass is 32.1. The van der Waals surface area contributed by atoms with Crippen LogP contribution < -0.4 is 3.96 Å². The smallest absolute Gasteiger partial charge is 0.102 e. The monoisotopic (exact) mass is 238 g/mol. The second kappa shape index (κ2) is 4.52. The van der Waals surface area contributed by atoms with Crippen LogP contribution in [0, 0.1) is 0 Å². The zero-order chi connectivity index (χ0) is 11.5. The first-order valence-corrected chi connectivity index (χ1v) is 6.34. The van der Waals surface area contributed by atoms with Crippen LogP contribution in [0.5, 0.6) is 0 Å². The minimum absolute atomic E-state index is 1.21. The van der Waals surface area contributed by atoms with Crippen molar-refractivity contribution in [3.8, 4) is 16.1 Å². The van der Waals surface area contributed by atoms with Gasteiger partial charge in [-0.1, -0.05) is 48.5 Å². The third-order valence-electron chi connectivity index (χ3n) is 2.63. The summed E-state index contributed by atoms with van der Waals surface area (Å²) in [4.78, 5) is 1.29. The van der Waals surface area contributed by atoms with E-state index in [1.54, 1.807) is 11.5 Å². The van der Waals surface area contributed by atoms with E-state index in [4.69, 9.17) is 0 Å². The highest BCUT2D eigenvalue weighted by Gasteiger charge is 2.11. The Morgan fingerprint density at radius 3 is 2.06 bits per heavy atom. The molecule has 0 aliphatic heterocycles. The summed E-state index contributed by atoms with van der Waals surface area (Å²) in [6.45, 7) is 0. The Hall–Kier alpha value is -1.93. The number of hydrogen-bond acceptors (Lipinski definition) is 1.